The third-order valence-electron chi connectivity index (χ3n) is 11.0. The minimum absolute atomic E-state index is 0.638. The largest absolute Gasteiger partial charge is 0.314 e. The Bertz CT molecular complexity index is 3380. The lowest BCUT2D eigenvalue weighted by Crippen LogP contribution is -2.04. The van der Waals surface area contributed by atoms with Crippen LogP contribution >= 0.6 is 0 Å². The van der Waals surface area contributed by atoms with Crippen molar-refractivity contribution in [3.63, 3.8) is 0 Å². The van der Waals surface area contributed by atoms with Gasteiger partial charge in [-0.2, -0.15) is 0 Å². The lowest BCUT2D eigenvalue weighted by atomic mass is 10.1. The monoisotopic (exact) mass is 675 g/mol. The fraction of sp³-hybridized carbons (Fsp3) is 0. The summed E-state index contributed by atoms with van der Waals surface area (Å²) in [6, 6.07) is 60.8. The van der Waals surface area contributed by atoms with Crippen molar-refractivity contribution in [3.05, 3.63) is 176 Å². The summed E-state index contributed by atoms with van der Waals surface area (Å²) in [6.07, 6.45) is 2.22. The summed E-state index contributed by atoms with van der Waals surface area (Å²) in [5.74, 6) is 0.638. The highest BCUT2D eigenvalue weighted by Gasteiger charge is 2.21. The van der Waals surface area contributed by atoms with Gasteiger partial charge in [-0.1, -0.05) is 133 Å². The maximum absolute atomic E-state index is 5.32. The fourth-order valence-corrected chi connectivity index (χ4v) is 8.73. The molecule has 0 radical (unpaired) electrons. The molecular weight excluding hydrogens is 647 g/mol. The maximum atomic E-state index is 5.32. The molecule has 5 heteroatoms. The molecule has 12 aromatic rings. The number of rotatable bonds is 3. The SMILES string of the molecule is c1ccc(-c2cc(-c3ccccc3)nc(-n3c4ccccc4c4cc5c(cc43)n3ccc4cccc(c6cccc7c8ccccc8n5c67)c43)n2)cc1. The molecule has 0 aliphatic rings. The van der Waals surface area contributed by atoms with Crippen molar-refractivity contribution in [2.24, 2.45) is 0 Å². The van der Waals surface area contributed by atoms with Crippen LogP contribution in [0.15, 0.2) is 176 Å². The molecule has 0 atom stereocenters. The molecule has 246 valence electrons. The van der Waals surface area contributed by atoms with Gasteiger partial charge >= 0.3 is 0 Å². The van der Waals surface area contributed by atoms with Crippen LogP contribution in [0.1, 0.15) is 0 Å². The Hall–Kier alpha value is -7.24. The van der Waals surface area contributed by atoms with E-state index in [1.165, 1.54) is 43.5 Å². The van der Waals surface area contributed by atoms with E-state index in [-0.39, 0.29) is 0 Å². The third-order valence-corrected chi connectivity index (χ3v) is 11.0. The number of para-hydroxylation sites is 4. The standard InChI is InChI=1S/C48H29N5/c1-3-13-30(14-4-1)39-28-40(31-15-5-2-6-16-31)50-48(49-39)53-42-24-10-8-19-34(42)38-27-45-44(29-43(38)53)51-26-25-32-17-11-20-36(46(32)51)37-22-12-21-35-33-18-7-9-23-41(33)52(45)47(35)37/h1-29H. The van der Waals surface area contributed by atoms with Crippen LogP contribution in [-0.2, 0) is 0 Å². The molecule has 53 heavy (non-hydrogen) atoms. The molecule has 0 aliphatic carbocycles. The summed E-state index contributed by atoms with van der Waals surface area (Å²) in [6.45, 7) is 0. The van der Waals surface area contributed by atoms with Crippen LogP contribution in [0.25, 0.3) is 105 Å². The number of hydrogen-bond donors (Lipinski definition) is 0. The normalized spacial score (nSPS) is 12.2. The van der Waals surface area contributed by atoms with E-state index in [1.54, 1.807) is 0 Å². The van der Waals surface area contributed by atoms with Crippen LogP contribution in [-0.4, -0.2) is 23.3 Å². The van der Waals surface area contributed by atoms with E-state index in [0.717, 1.165) is 55.4 Å². The predicted molar refractivity (Wildman–Crippen MR) is 219 cm³/mol. The number of hydrogen-bond acceptors (Lipinski definition) is 2. The maximum Gasteiger partial charge on any atom is 0.235 e. The quantitative estimate of drug-likeness (QED) is 0.187. The van der Waals surface area contributed by atoms with Gasteiger partial charge in [0.05, 0.1) is 50.0 Å². The average Bonchev–Trinajstić information content (AvgIpc) is 3.90. The molecule has 7 aromatic carbocycles. The third kappa shape index (κ3) is 3.96. The van der Waals surface area contributed by atoms with Crippen molar-refractivity contribution in [1.82, 2.24) is 23.3 Å². The summed E-state index contributed by atoms with van der Waals surface area (Å²) in [5.41, 5.74) is 11.8. The van der Waals surface area contributed by atoms with E-state index < -0.39 is 0 Å². The first-order chi connectivity index (χ1) is 26.3. The van der Waals surface area contributed by atoms with Crippen LogP contribution < -0.4 is 0 Å². The second-order valence-electron chi connectivity index (χ2n) is 13.9. The molecule has 0 spiro atoms. The molecule has 0 saturated carbocycles. The second-order valence-corrected chi connectivity index (χ2v) is 13.9. The van der Waals surface area contributed by atoms with Crippen molar-refractivity contribution in [2.45, 2.75) is 0 Å². The number of aromatic nitrogens is 5. The highest BCUT2D eigenvalue weighted by Crippen LogP contribution is 2.41. The summed E-state index contributed by atoms with van der Waals surface area (Å²) in [7, 11) is 0. The summed E-state index contributed by atoms with van der Waals surface area (Å²) in [4.78, 5) is 10.6. The molecule has 0 saturated heterocycles. The van der Waals surface area contributed by atoms with Crippen molar-refractivity contribution in [3.8, 4) is 28.5 Å². The molecule has 0 aliphatic heterocycles. The highest BCUT2D eigenvalue weighted by molar-refractivity contribution is 6.23. The van der Waals surface area contributed by atoms with Crippen molar-refractivity contribution in [1.29, 1.82) is 0 Å². The molecule has 5 nitrogen and oxygen atoms in total. The van der Waals surface area contributed by atoms with Crippen molar-refractivity contribution >= 4 is 76.3 Å². The minimum Gasteiger partial charge on any atom is -0.314 e. The Morgan fingerprint density at radius 2 is 0.925 bits per heavy atom. The summed E-state index contributed by atoms with van der Waals surface area (Å²) >= 11 is 0. The van der Waals surface area contributed by atoms with E-state index in [0.29, 0.717) is 5.95 Å². The average molecular weight is 676 g/mol. The lowest BCUT2D eigenvalue weighted by Gasteiger charge is -2.13. The van der Waals surface area contributed by atoms with Gasteiger partial charge in [-0.3, -0.25) is 4.57 Å². The molecule has 0 fully saturated rings. The van der Waals surface area contributed by atoms with Gasteiger partial charge in [-0.15, -0.1) is 0 Å². The van der Waals surface area contributed by atoms with Crippen LogP contribution in [0.5, 0.6) is 0 Å². The van der Waals surface area contributed by atoms with Crippen LogP contribution in [0, 0.1) is 0 Å². The van der Waals surface area contributed by atoms with Gasteiger partial charge in [0.2, 0.25) is 5.95 Å². The summed E-state index contributed by atoms with van der Waals surface area (Å²) < 4.78 is 7.13. The van der Waals surface area contributed by atoms with E-state index in [9.17, 15) is 0 Å². The topological polar surface area (TPSA) is 39.5 Å². The molecule has 0 amide bonds. The van der Waals surface area contributed by atoms with E-state index >= 15 is 0 Å². The molecule has 5 heterocycles. The van der Waals surface area contributed by atoms with Crippen LogP contribution in [0.2, 0.25) is 0 Å². The van der Waals surface area contributed by atoms with Gasteiger partial charge in [0, 0.05) is 55.0 Å². The Labute approximate surface area is 303 Å². The number of fused-ring (bicyclic) bond motifs is 10. The lowest BCUT2D eigenvalue weighted by molar-refractivity contribution is 0.995. The van der Waals surface area contributed by atoms with E-state index in [4.69, 9.17) is 9.97 Å². The molecule has 5 aromatic heterocycles. The van der Waals surface area contributed by atoms with E-state index in [1.807, 2.05) is 12.1 Å². The van der Waals surface area contributed by atoms with Gasteiger partial charge in [-0.05, 0) is 36.4 Å². The van der Waals surface area contributed by atoms with Gasteiger partial charge in [0.25, 0.3) is 0 Å². The zero-order chi connectivity index (χ0) is 34.6. The van der Waals surface area contributed by atoms with Crippen molar-refractivity contribution in [2.75, 3.05) is 0 Å². The van der Waals surface area contributed by atoms with Crippen LogP contribution in [0.4, 0.5) is 0 Å². The summed E-state index contributed by atoms with van der Waals surface area (Å²) in [5, 5.41) is 8.47. The molecule has 0 bridgehead atoms. The number of benzene rings is 7. The smallest absolute Gasteiger partial charge is 0.235 e. The Kier molecular flexibility index (Phi) is 5.71. The molecule has 12 rings (SSSR count). The minimum atomic E-state index is 0.638. The van der Waals surface area contributed by atoms with Crippen LogP contribution in [0.3, 0.4) is 0 Å². The Morgan fingerprint density at radius 1 is 0.358 bits per heavy atom. The van der Waals surface area contributed by atoms with Gasteiger partial charge < -0.3 is 8.80 Å². The first-order valence-electron chi connectivity index (χ1n) is 18.0. The first kappa shape index (κ1) is 28.5. The van der Waals surface area contributed by atoms with Gasteiger partial charge in [0.15, 0.2) is 0 Å². The molecular formula is C48H29N5. The first-order valence-corrected chi connectivity index (χ1v) is 18.0. The zero-order valence-electron chi connectivity index (χ0n) is 28.5. The fourth-order valence-electron chi connectivity index (χ4n) is 8.73. The van der Waals surface area contributed by atoms with Gasteiger partial charge in [0.1, 0.15) is 0 Å². The Morgan fingerprint density at radius 3 is 1.64 bits per heavy atom. The second kappa shape index (κ2) is 10.6. The number of nitrogens with zero attached hydrogens (tertiary/aromatic N) is 5. The zero-order valence-corrected chi connectivity index (χ0v) is 28.5. The predicted octanol–water partition coefficient (Wildman–Crippen LogP) is 12.0. The molecule has 0 unspecified atom stereocenters. The Balaban J connectivity index is 1.30. The van der Waals surface area contributed by atoms with Gasteiger partial charge in [-0.25, -0.2) is 9.97 Å². The van der Waals surface area contributed by atoms with E-state index in [2.05, 4.69) is 177 Å². The van der Waals surface area contributed by atoms with Crippen molar-refractivity contribution < 1.29 is 0 Å². The highest BCUT2D eigenvalue weighted by atomic mass is 15.2. The molecule has 0 N–H and O–H groups in total.